The number of nitrogens with zero attached hydrogens (tertiary/aromatic N) is 4. The zero-order chi connectivity index (χ0) is 23.7. The molecule has 1 atom stereocenters. The molecule has 2 aliphatic heterocycles. The zero-order valence-electron chi connectivity index (χ0n) is 19.1. The number of carbonyl (C=O) groups is 1. The summed E-state index contributed by atoms with van der Waals surface area (Å²) in [7, 11) is -3.53. The molecule has 2 saturated heterocycles. The molecule has 0 bridgehead atoms. The molecule has 1 aromatic carbocycles. The van der Waals surface area contributed by atoms with Crippen LogP contribution in [0.4, 0.5) is 5.13 Å². The molecule has 8 nitrogen and oxygen atoms in total. The van der Waals surface area contributed by atoms with Gasteiger partial charge < -0.3 is 14.5 Å². The van der Waals surface area contributed by atoms with E-state index >= 15 is 0 Å². The number of aromatic nitrogens is 1. The number of thiophene rings is 1. The Kier molecular flexibility index (Phi) is 6.79. The van der Waals surface area contributed by atoms with E-state index in [2.05, 4.69) is 11.0 Å². The van der Waals surface area contributed by atoms with E-state index in [0.29, 0.717) is 50.0 Å². The molecule has 1 amide bonds. The molecule has 4 heterocycles. The van der Waals surface area contributed by atoms with Crippen molar-refractivity contribution in [2.24, 2.45) is 5.92 Å². The van der Waals surface area contributed by atoms with Gasteiger partial charge in [-0.05, 0) is 43.3 Å². The maximum absolute atomic E-state index is 13.3. The van der Waals surface area contributed by atoms with Crippen molar-refractivity contribution >= 4 is 54.0 Å². The van der Waals surface area contributed by atoms with Gasteiger partial charge in [0.1, 0.15) is 15.5 Å². The van der Waals surface area contributed by atoms with Gasteiger partial charge in [-0.25, -0.2) is 13.4 Å². The van der Waals surface area contributed by atoms with Crippen molar-refractivity contribution in [2.75, 3.05) is 50.8 Å². The van der Waals surface area contributed by atoms with Gasteiger partial charge in [-0.2, -0.15) is 4.31 Å². The summed E-state index contributed by atoms with van der Waals surface area (Å²) in [4.78, 5) is 22.2. The topological polar surface area (TPSA) is 83.0 Å². The van der Waals surface area contributed by atoms with E-state index in [4.69, 9.17) is 9.72 Å². The van der Waals surface area contributed by atoms with Crippen LogP contribution in [0.15, 0.2) is 39.9 Å². The highest BCUT2D eigenvalue weighted by molar-refractivity contribution is 7.91. The number of ether oxygens (including phenoxy) is 1. The van der Waals surface area contributed by atoms with Gasteiger partial charge in [-0.15, -0.1) is 11.3 Å². The Balaban J connectivity index is 1.22. The van der Waals surface area contributed by atoms with Gasteiger partial charge in [0.15, 0.2) is 5.13 Å². The first-order valence-corrected chi connectivity index (χ1v) is 14.7. The van der Waals surface area contributed by atoms with Crippen molar-refractivity contribution in [3.05, 3.63) is 35.7 Å². The van der Waals surface area contributed by atoms with Gasteiger partial charge >= 0.3 is 0 Å². The lowest BCUT2D eigenvalue weighted by Crippen LogP contribution is -2.53. The van der Waals surface area contributed by atoms with Crippen LogP contribution in [0.1, 0.15) is 19.8 Å². The molecule has 3 aromatic rings. The minimum absolute atomic E-state index is 0.0636. The Morgan fingerprint density at radius 1 is 1.15 bits per heavy atom. The molecule has 0 radical (unpaired) electrons. The first kappa shape index (κ1) is 23.5. The van der Waals surface area contributed by atoms with Crippen molar-refractivity contribution in [1.82, 2.24) is 14.2 Å². The lowest BCUT2D eigenvalue weighted by Gasteiger charge is -2.38. The Bertz CT molecular complexity index is 1250. The summed E-state index contributed by atoms with van der Waals surface area (Å²) in [5.41, 5.74) is 0.886. The third kappa shape index (κ3) is 4.53. The third-order valence-electron chi connectivity index (χ3n) is 6.35. The number of para-hydroxylation sites is 1. The fraction of sp³-hybridized carbons (Fsp3) is 0.478. The van der Waals surface area contributed by atoms with E-state index in [9.17, 15) is 13.2 Å². The molecular weight excluding hydrogens is 492 g/mol. The maximum Gasteiger partial charge on any atom is 0.252 e. The molecule has 0 saturated carbocycles. The summed E-state index contributed by atoms with van der Waals surface area (Å²) in [6, 6.07) is 9.35. The molecule has 0 spiro atoms. The summed E-state index contributed by atoms with van der Waals surface area (Å²) in [6.07, 6.45) is 1.43. The van der Waals surface area contributed by atoms with Gasteiger partial charge in [0.05, 0.1) is 17.2 Å². The van der Waals surface area contributed by atoms with E-state index in [-0.39, 0.29) is 18.4 Å². The molecular formula is C23H28N4O4S3. The van der Waals surface area contributed by atoms with Crippen LogP contribution in [-0.4, -0.2) is 74.4 Å². The van der Waals surface area contributed by atoms with Crippen LogP contribution < -0.4 is 9.64 Å². The fourth-order valence-corrected chi connectivity index (χ4v) is 8.30. The van der Waals surface area contributed by atoms with Crippen molar-refractivity contribution < 1.29 is 17.9 Å². The summed E-state index contributed by atoms with van der Waals surface area (Å²) in [5, 5.41) is 2.71. The molecule has 11 heteroatoms. The number of benzene rings is 1. The molecule has 2 aromatic heterocycles. The zero-order valence-corrected chi connectivity index (χ0v) is 21.5. The number of amides is 1. The molecule has 182 valence electrons. The Hall–Kier alpha value is -2.21. The molecule has 0 N–H and O–H groups in total. The predicted octanol–water partition coefficient (Wildman–Crippen LogP) is 3.51. The summed E-state index contributed by atoms with van der Waals surface area (Å²) in [5.74, 6) is 0.579. The number of piperazine rings is 1. The fourth-order valence-electron chi connectivity index (χ4n) is 4.59. The van der Waals surface area contributed by atoms with Crippen molar-refractivity contribution in [1.29, 1.82) is 0 Å². The molecule has 5 rings (SSSR count). The van der Waals surface area contributed by atoms with Crippen LogP contribution >= 0.6 is 22.7 Å². The van der Waals surface area contributed by atoms with E-state index in [0.717, 1.165) is 27.5 Å². The highest BCUT2D eigenvalue weighted by Crippen LogP contribution is 2.35. The number of fused-ring (bicyclic) bond motifs is 1. The number of piperidine rings is 1. The lowest BCUT2D eigenvalue weighted by molar-refractivity contribution is -0.137. The average Bonchev–Trinajstić information content (AvgIpc) is 3.55. The van der Waals surface area contributed by atoms with Crippen LogP contribution in [0.5, 0.6) is 5.75 Å². The van der Waals surface area contributed by atoms with Gasteiger partial charge in [0.25, 0.3) is 10.0 Å². The van der Waals surface area contributed by atoms with Crippen molar-refractivity contribution in [3.8, 4) is 5.75 Å². The normalized spacial score (nSPS) is 20.1. The molecule has 0 aliphatic carbocycles. The molecule has 2 aliphatic rings. The van der Waals surface area contributed by atoms with E-state index < -0.39 is 10.0 Å². The SMILES string of the molecule is CCOc1cccc2sc(N3CCN(C(=O)C4CCCN(S(=O)(=O)c5cccs5)C4)CC3)nc12. The molecule has 1 unspecified atom stereocenters. The van der Waals surface area contributed by atoms with Crippen LogP contribution in [0.3, 0.4) is 0 Å². The average molecular weight is 521 g/mol. The second-order valence-corrected chi connectivity index (χ2v) is 12.6. The Morgan fingerprint density at radius 2 is 1.97 bits per heavy atom. The largest absolute Gasteiger partial charge is 0.492 e. The predicted molar refractivity (Wildman–Crippen MR) is 135 cm³/mol. The minimum Gasteiger partial charge on any atom is -0.492 e. The summed E-state index contributed by atoms with van der Waals surface area (Å²) in [6.45, 7) is 5.93. The smallest absolute Gasteiger partial charge is 0.252 e. The monoisotopic (exact) mass is 520 g/mol. The number of hydrogen-bond donors (Lipinski definition) is 0. The van der Waals surface area contributed by atoms with Crippen molar-refractivity contribution in [2.45, 2.75) is 24.0 Å². The highest BCUT2D eigenvalue weighted by atomic mass is 32.2. The Morgan fingerprint density at radius 3 is 2.71 bits per heavy atom. The number of anilines is 1. The lowest BCUT2D eigenvalue weighted by atomic mass is 9.98. The first-order chi connectivity index (χ1) is 16.5. The second-order valence-electron chi connectivity index (χ2n) is 8.48. The van der Waals surface area contributed by atoms with Crippen LogP contribution in [0, 0.1) is 5.92 Å². The minimum atomic E-state index is -3.53. The number of thiazole rings is 1. The van der Waals surface area contributed by atoms with Crippen LogP contribution in [0.2, 0.25) is 0 Å². The van der Waals surface area contributed by atoms with Gasteiger partial charge in [-0.1, -0.05) is 23.5 Å². The second kappa shape index (κ2) is 9.80. The summed E-state index contributed by atoms with van der Waals surface area (Å²) < 4.78 is 34.5. The quantitative estimate of drug-likeness (QED) is 0.495. The van der Waals surface area contributed by atoms with E-state index in [1.54, 1.807) is 28.8 Å². The third-order valence-corrected chi connectivity index (χ3v) is 10.7. The molecule has 34 heavy (non-hydrogen) atoms. The number of hydrogen-bond acceptors (Lipinski definition) is 8. The Labute approximate surface area is 207 Å². The highest BCUT2D eigenvalue weighted by Gasteiger charge is 2.36. The summed E-state index contributed by atoms with van der Waals surface area (Å²) >= 11 is 2.86. The van der Waals surface area contributed by atoms with E-state index in [1.807, 2.05) is 24.0 Å². The maximum atomic E-state index is 13.3. The van der Waals surface area contributed by atoms with Gasteiger partial charge in [0.2, 0.25) is 5.91 Å². The number of rotatable bonds is 6. The number of carbonyl (C=O) groups excluding carboxylic acids is 1. The van der Waals surface area contributed by atoms with Gasteiger partial charge in [0, 0.05) is 39.3 Å². The van der Waals surface area contributed by atoms with E-state index in [1.165, 1.54) is 15.6 Å². The first-order valence-electron chi connectivity index (χ1n) is 11.6. The van der Waals surface area contributed by atoms with Crippen LogP contribution in [0.25, 0.3) is 10.2 Å². The van der Waals surface area contributed by atoms with Crippen LogP contribution in [-0.2, 0) is 14.8 Å². The van der Waals surface area contributed by atoms with Gasteiger partial charge in [-0.3, -0.25) is 4.79 Å². The molecule has 2 fully saturated rings. The number of sulfonamides is 1. The standard InChI is InChI=1S/C23H28N4O4S3/c1-2-31-18-7-3-8-19-21(18)24-23(33-19)26-13-11-25(12-14-26)22(28)17-6-4-10-27(16-17)34(29,30)20-9-5-15-32-20/h3,5,7-9,15,17H,2,4,6,10-14,16H2,1H3. The van der Waals surface area contributed by atoms with Crippen molar-refractivity contribution in [3.63, 3.8) is 0 Å².